The Morgan fingerprint density at radius 3 is 2.05 bits per heavy atom. The first kappa shape index (κ1) is 16.6. The minimum atomic E-state index is -3.58. The molecule has 0 bridgehead atoms. The molecule has 4 heteroatoms. The molecule has 0 atom stereocenters. The van der Waals surface area contributed by atoms with Crippen LogP contribution in [0, 0.1) is 13.8 Å². The number of aryl methyl sites for hydroxylation is 4. The molecule has 2 aromatic rings. The molecule has 0 fully saturated rings. The third-order valence-corrected chi connectivity index (χ3v) is 5.37. The SMILES string of the molecule is CCc1cccc(CC)c1NS(=O)(=O)c1ccc(C)cc1C. The van der Waals surface area contributed by atoms with Crippen molar-refractivity contribution in [2.45, 2.75) is 45.4 Å². The van der Waals surface area contributed by atoms with E-state index in [0.29, 0.717) is 4.90 Å². The van der Waals surface area contributed by atoms with Gasteiger partial charge >= 0.3 is 0 Å². The number of anilines is 1. The average molecular weight is 317 g/mol. The van der Waals surface area contributed by atoms with Crippen molar-refractivity contribution in [2.75, 3.05) is 4.72 Å². The molecule has 2 rings (SSSR count). The Kier molecular flexibility index (Phi) is 4.91. The maximum Gasteiger partial charge on any atom is 0.262 e. The summed E-state index contributed by atoms with van der Waals surface area (Å²) >= 11 is 0. The average Bonchev–Trinajstić information content (AvgIpc) is 2.46. The quantitative estimate of drug-likeness (QED) is 0.897. The molecule has 0 saturated carbocycles. The van der Waals surface area contributed by atoms with Crippen LogP contribution in [0.5, 0.6) is 0 Å². The highest BCUT2D eigenvalue weighted by Gasteiger charge is 2.19. The highest BCUT2D eigenvalue weighted by molar-refractivity contribution is 7.92. The predicted molar refractivity (Wildman–Crippen MR) is 91.9 cm³/mol. The molecule has 0 amide bonds. The summed E-state index contributed by atoms with van der Waals surface area (Å²) in [4.78, 5) is 0.339. The van der Waals surface area contributed by atoms with E-state index in [1.54, 1.807) is 6.07 Å². The number of hydrogen-bond acceptors (Lipinski definition) is 2. The van der Waals surface area contributed by atoms with Gasteiger partial charge in [0.25, 0.3) is 10.0 Å². The number of rotatable bonds is 5. The largest absolute Gasteiger partial charge is 0.279 e. The summed E-state index contributed by atoms with van der Waals surface area (Å²) in [5.74, 6) is 0. The Labute approximate surface area is 133 Å². The molecule has 1 N–H and O–H groups in total. The van der Waals surface area contributed by atoms with E-state index < -0.39 is 10.0 Å². The van der Waals surface area contributed by atoms with Gasteiger partial charge in [0, 0.05) is 0 Å². The normalized spacial score (nSPS) is 11.5. The van der Waals surface area contributed by atoms with Gasteiger partial charge in [-0.25, -0.2) is 8.42 Å². The lowest BCUT2D eigenvalue weighted by Gasteiger charge is -2.16. The zero-order chi connectivity index (χ0) is 16.3. The van der Waals surface area contributed by atoms with Crippen molar-refractivity contribution < 1.29 is 8.42 Å². The van der Waals surface area contributed by atoms with Crippen molar-refractivity contribution in [1.29, 1.82) is 0 Å². The summed E-state index contributed by atoms with van der Waals surface area (Å²) in [6.45, 7) is 7.85. The van der Waals surface area contributed by atoms with E-state index >= 15 is 0 Å². The Bertz CT molecular complexity index is 757. The van der Waals surface area contributed by atoms with E-state index in [1.165, 1.54) is 0 Å². The third kappa shape index (κ3) is 3.33. The van der Waals surface area contributed by atoms with Crippen LogP contribution in [0.2, 0.25) is 0 Å². The zero-order valence-electron chi connectivity index (χ0n) is 13.6. The topological polar surface area (TPSA) is 46.2 Å². The number of para-hydroxylation sites is 1. The van der Waals surface area contributed by atoms with Crippen LogP contribution in [-0.2, 0) is 22.9 Å². The van der Waals surface area contributed by atoms with Crippen molar-refractivity contribution in [2.24, 2.45) is 0 Å². The summed E-state index contributed by atoms with van der Waals surface area (Å²) < 4.78 is 28.3. The van der Waals surface area contributed by atoms with Crippen LogP contribution >= 0.6 is 0 Å². The molecule has 0 unspecified atom stereocenters. The van der Waals surface area contributed by atoms with Crippen molar-refractivity contribution >= 4 is 15.7 Å². The lowest BCUT2D eigenvalue weighted by atomic mass is 10.0. The fourth-order valence-corrected chi connectivity index (χ4v) is 4.03. The molecule has 0 saturated heterocycles. The first-order valence-electron chi connectivity index (χ1n) is 7.59. The maximum absolute atomic E-state index is 12.8. The Balaban J connectivity index is 2.49. The monoisotopic (exact) mass is 317 g/mol. The van der Waals surface area contributed by atoms with Gasteiger partial charge in [-0.15, -0.1) is 0 Å². The molecule has 3 nitrogen and oxygen atoms in total. The van der Waals surface area contributed by atoms with Crippen molar-refractivity contribution in [3.8, 4) is 0 Å². The second-order valence-corrected chi connectivity index (χ2v) is 7.18. The number of nitrogens with one attached hydrogen (secondary N) is 1. The molecule has 0 aliphatic heterocycles. The standard InChI is InChI=1S/C18H23NO2S/c1-5-15-8-7-9-16(6-2)18(15)19-22(20,21)17-11-10-13(3)12-14(17)4/h7-12,19H,5-6H2,1-4H3. The maximum atomic E-state index is 12.8. The van der Waals surface area contributed by atoms with Gasteiger partial charge in [0.1, 0.15) is 0 Å². The first-order chi connectivity index (χ1) is 10.4. The van der Waals surface area contributed by atoms with Gasteiger partial charge in [-0.05, 0) is 49.4 Å². The molecule has 0 aliphatic rings. The molecule has 0 heterocycles. The Morgan fingerprint density at radius 2 is 1.55 bits per heavy atom. The number of hydrogen-bond donors (Lipinski definition) is 1. The van der Waals surface area contributed by atoms with E-state index in [9.17, 15) is 8.42 Å². The van der Waals surface area contributed by atoms with Crippen LogP contribution in [0.15, 0.2) is 41.3 Å². The third-order valence-electron chi connectivity index (χ3n) is 3.86. The summed E-state index contributed by atoms with van der Waals surface area (Å²) in [5.41, 5.74) is 4.59. The summed E-state index contributed by atoms with van der Waals surface area (Å²) in [5, 5.41) is 0. The lowest BCUT2D eigenvalue weighted by Crippen LogP contribution is -2.16. The van der Waals surface area contributed by atoms with Crippen LogP contribution in [0.25, 0.3) is 0 Å². The molecule has 0 radical (unpaired) electrons. The fourth-order valence-electron chi connectivity index (χ4n) is 2.66. The Hall–Kier alpha value is -1.81. The first-order valence-corrected chi connectivity index (χ1v) is 9.08. The second-order valence-electron chi connectivity index (χ2n) is 5.53. The minimum absolute atomic E-state index is 0.339. The molecule has 118 valence electrons. The zero-order valence-corrected chi connectivity index (χ0v) is 14.4. The fraction of sp³-hybridized carbons (Fsp3) is 0.333. The van der Waals surface area contributed by atoms with Crippen LogP contribution in [0.4, 0.5) is 5.69 Å². The smallest absolute Gasteiger partial charge is 0.262 e. The highest BCUT2D eigenvalue weighted by atomic mass is 32.2. The van der Waals surface area contributed by atoms with E-state index in [2.05, 4.69) is 4.72 Å². The molecular weight excluding hydrogens is 294 g/mol. The van der Waals surface area contributed by atoms with Gasteiger partial charge in [-0.3, -0.25) is 4.72 Å². The van der Waals surface area contributed by atoms with Gasteiger partial charge in [0.2, 0.25) is 0 Å². The number of sulfonamides is 1. The van der Waals surface area contributed by atoms with E-state index in [-0.39, 0.29) is 0 Å². The minimum Gasteiger partial charge on any atom is -0.279 e. The van der Waals surface area contributed by atoms with Crippen LogP contribution in [0.1, 0.15) is 36.1 Å². The van der Waals surface area contributed by atoms with Gasteiger partial charge in [0.15, 0.2) is 0 Å². The van der Waals surface area contributed by atoms with Gasteiger partial charge in [0.05, 0.1) is 10.6 Å². The second kappa shape index (κ2) is 6.53. The van der Waals surface area contributed by atoms with Crippen LogP contribution in [-0.4, -0.2) is 8.42 Å². The van der Waals surface area contributed by atoms with E-state index in [1.807, 2.05) is 58.0 Å². The molecule has 0 spiro atoms. The molecular formula is C18H23NO2S. The molecule has 0 aromatic heterocycles. The van der Waals surface area contributed by atoms with Gasteiger partial charge in [-0.1, -0.05) is 49.7 Å². The van der Waals surface area contributed by atoms with Crippen molar-refractivity contribution in [1.82, 2.24) is 0 Å². The lowest BCUT2D eigenvalue weighted by molar-refractivity contribution is 0.600. The summed E-state index contributed by atoms with van der Waals surface area (Å²) in [7, 11) is -3.58. The van der Waals surface area contributed by atoms with Gasteiger partial charge < -0.3 is 0 Å². The number of benzene rings is 2. The highest BCUT2D eigenvalue weighted by Crippen LogP contribution is 2.27. The van der Waals surface area contributed by atoms with Crippen LogP contribution in [0.3, 0.4) is 0 Å². The van der Waals surface area contributed by atoms with E-state index in [0.717, 1.165) is 40.8 Å². The van der Waals surface area contributed by atoms with Gasteiger partial charge in [-0.2, -0.15) is 0 Å². The molecule has 0 aliphatic carbocycles. The summed E-state index contributed by atoms with van der Waals surface area (Å²) in [6.07, 6.45) is 1.58. The Morgan fingerprint density at radius 1 is 0.955 bits per heavy atom. The molecule has 22 heavy (non-hydrogen) atoms. The van der Waals surface area contributed by atoms with Crippen molar-refractivity contribution in [3.05, 3.63) is 58.7 Å². The summed E-state index contributed by atoms with van der Waals surface area (Å²) in [6, 6.07) is 11.3. The van der Waals surface area contributed by atoms with E-state index in [4.69, 9.17) is 0 Å². The predicted octanol–water partition coefficient (Wildman–Crippen LogP) is 4.23. The molecule has 2 aromatic carbocycles. The van der Waals surface area contributed by atoms with Crippen LogP contribution < -0.4 is 4.72 Å². The van der Waals surface area contributed by atoms with Crippen molar-refractivity contribution in [3.63, 3.8) is 0 Å².